The lowest BCUT2D eigenvalue weighted by atomic mass is 10.2. The van der Waals surface area contributed by atoms with Crippen LogP contribution in [0.4, 0.5) is 0 Å². The van der Waals surface area contributed by atoms with Crippen LogP contribution in [0.2, 0.25) is 0 Å². The van der Waals surface area contributed by atoms with E-state index in [0.29, 0.717) is 0 Å². The third-order valence-electron chi connectivity index (χ3n) is 2.30. The van der Waals surface area contributed by atoms with E-state index in [1.807, 2.05) is 34.0 Å². The zero-order chi connectivity index (χ0) is 11.8. The highest BCUT2D eigenvalue weighted by molar-refractivity contribution is 14.1. The van der Waals surface area contributed by atoms with Crippen LogP contribution >= 0.6 is 79.2 Å². The van der Waals surface area contributed by atoms with Crippen molar-refractivity contribution < 1.29 is 0 Å². The molecule has 17 heavy (non-hydrogen) atoms. The van der Waals surface area contributed by atoms with Gasteiger partial charge in [0.05, 0.1) is 10.6 Å². The summed E-state index contributed by atoms with van der Waals surface area (Å²) in [5.74, 6) is 0. The van der Waals surface area contributed by atoms with Crippen LogP contribution in [0.3, 0.4) is 0 Å². The molecule has 3 heterocycles. The van der Waals surface area contributed by atoms with Crippen molar-refractivity contribution in [3.05, 3.63) is 41.5 Å². The van der Waals surface area contributed by atoms with Gasteiger partial charge < -0.3 is 0 Å². The summed E-state index contributed by atoms with van der Waals surface area (Å²) in [5.41, 5.74) is 1.38. The van der Waals surface area contributed by atoms with E-state index in [1.54, 1.807) is 0 Å². The molecule has 0 aliphatic rings. The van der Waals surface area contributed by atoms with Gasteiger partial charge >= 0.3 is 0 Å². The maximum Gasteiger partial charge on any atom is 0.0660 e. The lowest BCUT2D eigenvalue weighted by Gasteiger charge is -1.98. The van der Waals surface area contributed by atoms with Gasteiger partial charge in [-0.2, -0.15) is 0 Å². The Bertz CT molecular complexity index is 593. The van der Waals surface area contributed by atoms with E-state index in [-0.39, 0.29) is 0 Å². The lowest BCUT2D eigenvalue weighted by Crippen LogP contribution is -1.69. The number of thiophene rings is 3. The average molecular weight is 500 g/mol. The fourth-order valence-corrected chi connectivity index (χ4v) is 5.98. The summed E-state index contributed by atoms with van der Waals surface area (Å²) in [6.07, 6.45) is 0. The summed E-state index contributed by atoms with van der Waals surface area (Å²) >= 11 is 10.3. The van der Waals surface area contributed by atoms with Crippen molar-refractivity contribution in [2.45, 2.75) is 0 Å². The van der Waals surface area contributed by atoms with E-state index >= 15 is 0 Å². The molecule has 0 saturated carbocycles. The summed E-state index contributed by atoms with van der Waals surface area (Å²) in [6, 6.07) is 11.0. The molecule has 0 radical (unpaired) electrons. The summed E-state index contributed by atoms with van der Waals surface area (Å²) < 4.78 is 2.69. The number of halogens is 2. The van der Waals surface area contributed by atoms with Gasteiger partial charge in [-0.05, 0) is 80.9 Å². The molecule has 0 spiro atoms. The molecule has 0 nitrogen and oxygen atoms in total. The second-order valence-electron chi connectivity index (χ2n) is 3.37. The van der Waals surface area contributed by atoms with Gasteiger partial charge in [0.2, 0.25) is 0 Å². The molecule has 0 aromatic carbocycles. The molecule has 5 heteroatoms. The molecule has 0 bridgehead atoms. The molecule has 3 aromatic heterocycles. The Morgan fingerprint density at radius 1 is 0.765 bits per heavy atom. The van der Waals surface area contributed by atoms with Crippen LogP contribution in [0.1, 0.15) is 0 Å². The van der Waals surface area contributed by atoms with Gasteiger partial charge in [-0.3, -0.25) is 0 Å². The van der Waals surface area contributed by atoms with Crippen molar-refractivity contribution in [1.29, 1.82) is 0 Å². The predicted octanol–water partition coefficient (Wildman–Crippen LogP) is 6.41. The van der Waals surface area contributed by atoms with Crippen molar-refractivity contribution >= 4 is 79.2 Å². The molecule has 0 saturated heterocycles. The largest absolute Gasteiger partial charge is 0.142 e. The van der Waals surface area contributed by atoms with Crippen molar-refractivity contribution in [1.82, 2.24) is 0 Å². The Labute approximate surface area is 139 Å². The van der Waals surface area contributed by atoms with E-state index < -0.39 is 0 Å². The molecule has 0 N–H and O–H groups in total. The Balaban J connectivity index is 2.11. The summed E-state index contributed by atoms with van der Waals surface area (Å²) in [6.45, 7) is 0. The lowest BCUT2D eigenvalue weighted by molar-refractivity contribution is 1.85. The van der Waals surface area contributed by atoms with E-state index in [0.717, 1.165) is 0 Å². The van der Waals surface area contributed by atoms with Crippen molar-refractivity contribution in [2.75, 3.05) is 0 Å². The van der Waals surface area contributed by atoms with Crippen molar-refractivity contribution in [2.24, 2.45) is 0 Å². The highest BCUT2D eigenvalue weighted by atomic mass is 127. The van der Waals surface area contributed by atoms with E-state index in [2.05, 4.69) is 80.9 Å². The minimum absolute atomic E-state index is 1.34. The van der Waals surface area contributed by atoms with E-state index in [1.165, 1.54) is 26.0 Å². The van der Waals surface area contributed by atoms with Crippen LogP contribution in [0.15, 0.2) is 35.7 Å². The third kappa shape index (κ3) is 2.63. The fourth-order valence-electron chi connectivity index (χ4n) is 1.59. The Kier molecular flexibility index (Phi) is 3.91. The van der Waals surface area contributed by atoms with Crippen molar-refractivity contribution in [3.8, 4) is 20.2 Å². The van der Waals surface area contributed by atoms with Gasteiger partial charge in [0.1, 0.15) is 0 Å². The minimum Gasteiger partial charge on any atom is -0.142 e. The van der Waals surface area contributed by atoms with Gasteiger partial charge in [0, 0.05) is 15.3 Å². The van der Waals surface area contributed by atoms with Crippen LogP contribution in [0.5, 0.6) is 0 Å². The summed E-state index contributed by atoms with van der Waals surface area (Å²) in [7, 11) is 0. The molecule has 0 amide bonds. The SMILES string of the molecule is Ic1ccc(-c2ccsc2-c2ccc(I)s2)s1. The van der Waals surface area contributed by atoms with Crippen LogP contribution in [-0.4, -0.2) is 0 Å². The Morgan fingerprint density at radius 2 is 1.41 bits per heavy atom. The molecule has 0 aliphatic carbocycles. The molecule has 0 atom stereocenters. The van der Waals surface area contributed by atoms with E-state index in [4.69, 9.17) is 0 Å². The highest BCUT2D eigenvalue weighted by Gasteiger charge is 2.12. The van der Waals surface area contributed by atoms with Gasteiger partial charge in [0.25, 0.3) is 0 Å². The number of rotatable bonds is 2. The van der Waals surface area contributed by atoms with Gasteiger partial charge in [-0.15, -0.1) is 34.0 Å². The summed E-state index contributed by atoms with van der Waals surface area (Å²) in [5, 5.41) is 2.18. The minimum atomic E-state index is 1.34. The molecular formula is C12H6I2S3. The van der Waals surface area contributed by atoms with Crippen molar-refractivity contribution in [3.63, 3.8) is 0 Å². The number of hydrogen-bond acceptors (Lipinski definition) is 3. The van der Waals surface area contributed by atoms with Gasteiger partial charge in [0.15, 0.2) is 0 Å². The standard InChI is InChI=1S/C12H6I2S3/c13-10-3-1-8(16-10)7-5-6-15-12(7)9-2-4-11(14)17-9/h1-6H. The molecule has 3 rings (SSSR count). The zero-order valence-electron chi connectivity index (χ0n) is 8.44. The quantitative estimate of drug-likeness (QED) is 0.357. The smallest absolute Gasteiger partial charge is 0.0660 e. The molecule has 0 unspecified atom stereocenters. The Morgan fingerprint density at radius 3 is 2.00 bits per heavy atom. The second kappa shape index (κ2) is 5.28. The predicted molar refractivity (Wildman–Crippen MR) is 96.4 cm³/mol. The first kappa shape index (κ1) is 12.6. The second-order valence-corrected chi connectivity index (χ2v) is 10.2. The zero-order valence-corrected chi connectivity index (χ0v) is 15.2. The summed E-state index contributed by atoms with van der Waals surface area (Å²) in [4.78, 5) is 4.15. The van der Waals surface area contributed by atoms with Crippen LogP contribution in [-0.2, 0) is 0 Å². The normalized spacial score (nSPS) is 10.9. The average Bonchev–Trinajstić information content (AvgIpc) is 2.96. The first-order valence-electron chi connectivity index (χ1n) is 4.83. The number of hydrogen-bond donors (Lipinski definition) is 0. The highest BCUT2D eigenvalue weighted by Crippen LogP contribution is 2.42. The fraction of sp³-hybridized carbons (Fsp3) is 0. The van der Waals surface area contributed by atoms with E-state index in [9.17, 15) is 0 Å². The van der Waals surface area contributed by atoms with Crippen LogP contribution in [0.25, 0.3) is 20.2 Å². The molecule has 0 fully saturated rings. The molecular weight excluding hydrogens is 494 g/mol. The first-order valence-corrected chi connectivity index (χ1v) is 9.50. The molecule has 0 aliphatic heterocycles. The molecule has 3 aromatic rings. The monoisotopic (exact) mass is 500 g/mol. The van der Waals surface area contributed by atoms with Gasteiger partial charge in [-0.1, -0.05) is 0 Å². The maximum atomic E-state index is 2.38. The maximum absolute atomic E-state index is 2.38. The van der Waals surface area contributed by atoms with Gasteiger partial charge in [-0.25, -0.2) is 0 Å². The Hall–Kier alpha value is 0.560. The molecule has 86 valence electrons. The van der Waals surface area contributed by atoms with Crippen LogP contribution in [0, 0.1) is 5.77 Å². The topological polar surface area (TPSA) is 0 Å². The third-order valence-corrected chi connectivity index (χ3v) is 7.22. The first-order chi connectivity index (χ1) is 8.24. The van der Waals surface area contributed by atoms with Crippen LogP contribution < -0.4 is 0 Å².